The lowest BCUT2D eigenvalue weighted by atomic mass is 9.91. The number of fused-ring (bicyclic) bond motifs is 1. The van der Waals surface area contributed by atoms with Crippen molar-refractivity contribution in [1.82, 2.24) is 0 Å². The molecule has 2 rings (SSSR count). The summed E-state index contributed by atoms with van der Waals surface area (Å²) in [6.07, 6.45) is 0.913. The standard InChI is InChI=1S/C15H21NO4S/c1-11(2)8-10-21(19,20)16-9-7-13(15(17)18)12-5-3-4-6-14(12)16/h3-6,11,13H,7-10H2,1-2H3,(H,17,18). The molecule has 0 bridgehead atoms. The van der Waals surface area contributed by atoms with Crippen molar-refractivity contribution in [3.05, 3.63) is 29.8 Å². The lowest BCUT2D eigenvalue weighted by molar-refractivity contribution is -0.139. The number of nitrogens with zero attached hydrogens (tertiary/aromatic N) is 1. The number of anilines is 1. The van der Waals surface area contributed by atoms with Gasteiger partial charge >= 0.3 is 5.97 Å². The Labute approximate surface area is 125 Å². The zero-order chi connectivity index (χ0) is 15.6. The molecule has 1 aromatic carbocycles. The van der Waals surface area contributed by atoms with Crippen LogP contribution in [0, 0.1) is 5.92 Å². The van der Waals surface area contributed by atoms with E-state index in [4.69, 9.17) is 0 Å². The minimum absolute atomic E-state index is 0.0940. The molecule has 1 unspecified atom stereocenters. The third-order valence-electron chi connectivity index (χ3n) is 3.79. The predicted molar refractivity (Wildman–Crippen MR) is 82.0 cm³/mol. The van der Waals surface area contributed by atoms with E-state index in [0.717, 1.165) is 0 Å². The van der Waals surface area contributed by atoms with Gasteiger partial charge in [0.1, 0.15) is 0 Å². The molecule has 1 heterocycles. The fraction of sp³-hybridized carbons (Fsp3) is 0.533. The molecule has 1 aromatic rings. The lowest BCUT2D eigenvalue weighted by Crippen LogP contribution is -2.39. The molecule has 1 aliphatic heterocycles. The van der Waals surface area contributed by atoms with Gasteiger partial charge < -0.3 is 5.11 Å². The van der Waals surface area contributed by atoms with E-state index in [1.807, 2.05) is 13.8 Å². The van der Waals surface area contributed by atoms with Gasteiger partial charge in [-0.25, -0.2) is 8.42 Å². The van der Waals surface area contributed by atoms with E-state index in [1.54, 1.807) is 24.3 Å². The normalized spacial score (nSPS) is 18.6. The summed E-state index contributed by atoms with van der Waals surface area (Å²) in [5.74, 6) is -1.12. The molecule has 0 saturated carbocycles. The topological polar surface area (TPSA) is 74.7 Å². The number of hydrogen-bond donors (Lipinski definition) is 1. The Morgan fingerprint density at radius 3 is 2.67 bits per heavy atom. The molecule has 1 aliphatic rings. The van der Waals surface area contributed by atoms with E-state index >= 15 is 0 Å². The molecule has 116 valence electrons. The van der Waals surface area contributed by atoms with Gasteiger partial charge in [-0.05, 0) is 30.4 Å². The van der Waals surface area contributed by atoms with Crippen LogP contribution in [0.15, 0.2) is 24.3 Å². The van der Waals surface area contributed by atoms with Gasteiger partial charge in [0.25, 0.3) is 0 Å². The minimum Gasteiger partial charge on any atom is -0.481 e. The SMILES string of the molecule is CC(C)CCS(=O)(=O)N1CCC(C(=O)O)c2ccccc21. The summed E-state index contributed by atoms with van der Waals surface area (Å²) >= 11 is 0. The monoisotopic (exact) mass is 311 g/mol. The number of benzene rings is 1. The van der Waals surface area contributed by atoms with Crippen molar-refractivity contribution in [3.8, 4) is 0 Å². The Kier molecular flexibility index (Phi) is 4.56. The van der Waals surface area contributed by atoms with Crippen molar-refractivity contribution in [2.24, 2.45) is 5.92 Å². The van der Waals surface area contributed by atoms with Crippen LogP contribution in [0.5, 0.6) is 0 Å². The van der Waals surface area contributed by atoms with Crippen molar-refractivity contribution < 1.29 is 18.3 Å². The summed E-state index contributed by atoms with van der Waals surface area (Å²) in [6.45, 7) is 4.20. The number of hydrogen-bond acceptors (Lipinski definition) is 3. The summed E-state index contributed by atoms with van der Waals surface area (Å²) in [4.78, 5) is 11.3. The average molecular weight is 311 g/mol. The first-order chi connectivity index (χ1) is 9.83. The van der Waals surface area contributed by atoms with E-state index < -0.39 is 21.9 Å². The number of carbonyl (C=O) groups is 1. The summed E-state index contributed by atoms with van der Waals surface area (Å²) in [7, 11) is -3.40. The van der Waals surface area contributed by atoms with Gasteiger partial charge in [0.05, 0.1) is 17.4 Å². The van der Waals surface area contributed by atoms with Crippen molar-refractivity contribution in [2.75, 3.05) is 16.6 Å². The maximum atomic E-state index is 12.5. The second-order valence-corrected chi connectivity index (χ2v) is 7.82. The van der Waals surface area contributed by atoms with Crippen LogP contribution in [-0.2, 0) is 14.8 Å². The quantitative estimate of drug-likeness (QED) is 0.906. The van der Waals surface area contributed by atoms with Crippen LogP contribution in [0.2, 0.25) is 0 Å². The fourth-order valence-corrected chi connectivity index (χ4v) is 4.41. The molecule has 0 aliphatic carbocycles. The van der Waals surface area contributed by atoms with Crippen LogP contribution < -0.4 is 4.31 Å². The third kappa shape index (κ3) is 3.37. The molecule has 0 aromatic heterocycles. The first-order valence-corrected chi connectivity index (χ1v) is 8.76. The summed E-state index contributed by atoms with van der Waals surface area (Å²) in [6, 6.07) is 6.89. The average Bonchev–Trinajstić information content (AvgIpc) is 2.43. The first-order valence-electron chi connectivity index (χ1n) is 7.15. The first kappa shape index (κ1) is 15.8. The Bertz CT molecular complexity index is 624. The highest BCUT2D eigenvalue weighted by atomic mass is 32.2. The van der Waals surface area contributed by atoms with Crippen molar-refractivity contribution >= 4 is 21.7 Å². The van der Waals surface area contributed by atoms with E-state index in [-0.39, 0.29) is 12.3 Å². The van der Waals surface area contributed by atoms with Gasteiger partial charge in [-0.2, -0.15) is 0 Å². The predicted octanol–water partition coefficient (Wildman–Crippen LogP) is 2.44. The number of rotatable bonds is 5. The second kappa shape index (κ2) is 6.05. The van der Waals surface area contributed by atoms with Gasteiger partial charge in [-0.3, -0.25) is 9.10 Å². The van der Waals surface area contributed by atoms with Crippen LogP contribution in [0.3, 0.4) is 0 Å². The highest BCUT2D eigenvalue weighted by Crippen LogP contribution is 2.37. The van der Waals surface area contributed by atoms with Crippen LogP contribution >= 0.6 is 0 Å². The Hall–Kier alpha value is -1.56. The zero-order valence-corrected chi connectivity index (χ0v) is 13.1. The molecule has 0 saturated heterocycles. The molecular formula is C15H21NO4S. The smallest absolute Gasteiger partial charge is 0.311 e. The van der Waals surface area contributed by atoms with Crippen molar-refractivity contribution in [3.63, 3.8) is 0 Å². The van der Waals surface area contributed by atoms with Crippen LogP contribution in [0.25, 0.3) is 0 Å². The van der Waals surface area contributed by atoms with Gasteiger partial charge in [0, 0.05) is 6.54 Å². The lowest BCUT2D eigenvalue weighted by Gasteiger charge is -2.33. The largest absolute Gasteiger partial charge is 0.481 e. The maximum absolute atomic E-state index is 12.5. The second-order valence-electron chi connectivity index (χ2n) is 5.81. The molecule has 6 heteroatoms. The van der Waals surface area contributed by atoms with Gasteiger partial charge in [0.2, 0.25) is 10.0 Å². The molecule has 5 nitrogen and oxygen atoms in total. The molecular weight excluding hydrogens is 290 g/mol. The van der Waals surface area contributed by atoms with E-state index in [2.05, 4.69) is 0 Å². The number of carboxylic acid groups (broad SMARTS) is 1. The Balaban J connectivity index is 2.35. The van der Waals surface area contributed by atoms with Crippen LogP contribution in [-0.4, -0.2) is 31.8 Å². The maximum Gasteiger partial charge on any atom is 0.311 e. The number of sulfonamides is 1. The molecule has 21 heavy (non-hydrogen) atoms. The highest BCUT2D eigenvalue weighted by Gasteiger charge is 2.34. The minimum atomic E-state index is -3.40. The molecule has 0 spiro atoms. The molecule has 0 fully saturated rings. The van der Waals surface area contributed by atoms with Crippen LogP contribution in [0.4, 0.5) is 5.69 Å². The molecule has 1 N–H and O–H groups in total. The third-order valence-corrected chi connectivity index (χ3v) is 5.59. The van der Waals surface area contributed by atoms with E-state index in [1.165, 1.54) is 4.31 Å². The molecule has 1 atom stereocenters. The molecule has 0 radical (unpaired) electrons. The number of para-hydroxylation sites is 1. The van der Waals surface area contributed by atoms with E-state index in [0.29, 0.717) is 30.0 Å². The Morgan fingerprint density at radius 2 is 2.05 bits per heavy atom. The number of aliphatic carboxylic acids is 1. The summed E-state index contributed by atoms with van der Waals surface area (Å²) < 4.78 is 26.4. The molecule has 0 amide bonds. The Morgan fingerprint density at radius 1 is 1.38 bits per heavy atom. The fourth-order valence-electron chi connectivity index (χ4n) is 2.57. The van der Waals surface area contributed by atoms with Gasteiger partial charge in [0.15, 0.2) is 0 Å². The van der Waals surface area contributed by atoms with E-state index in [9.17, 15) is 18.3 Å². The van der Waals surface area contributed by atoms with Crippen LogP contribution in [0.1, 0.15) is 38.2 Å². The number of carboxylic acids is 1. The highest BCUT2D eigenvalue weighted by molar-refractivity contribution is 7.92. The van der Waals surface area contributed by atoms with Gasteiger partial charge in [-0.15, -0.1) is 0 Å². The van der Waals surface area contributed by atoms with Crippen molar-refractivity contribution in [1.29, 1.82) is 0 Å². The summed E-state index contributed by atoms with van der Waals surface area (Å²) in [5, 5.41) is 9.28. The van der Waals surface area contributed by atoms with Gasteiger partial charge in [-0.1, -0.05) is 32.0 Å². The summed E-state index contributed by atoms with van der Waals surface area (Å²) in [5.41, 5.74) is 1.10. The van der Waals surface area contributed by atoms with Crippen molar-refractivity contribution in [2.45, 2.75) is 32.6 Å². The zero-order valence-electron chi connectivity index (χ0n) is 12.3.